The number of nitrogens with one attached hydrogen (secondary N) is 2. The molecule has 0 atom stereocenters. The Balaban J connectivity index is 2.68. The summed E-state index contributed by atoms with van der Waals surface area (Å²) in [7, 11) is 0. The van der Waals surface area contributed by atoms with Crippen molar-refractivity contribution in [1.82, 2.24) is 15.7 Å². The first-order chi connectivity index (χ1) is 7.30. The number of hydroxylamine groups is 1. The highest BCUT2D eigenvalue weighted by molar-refractivity contribution is 5.83. The Labute approximate surface area is 89.6 Å². The minimum absolute atomic E-state index is 0.548. The van der Waals surface area contributed by atoms with E-state index < -0.39 is 0 Å². The molecule has 5 heteroatoms. The van der Waals surface area contributed by atoms with Crippen LogP contribution in [0.15, 0.2) is 11.1 Å². The molecule has 3 N–H and O–H groups in total. The number of aromatic amines is 1. The number of hydrogen-bond acceptors (Lipinski definition) is 3. The van der Waals surface area contributed by atoms with Crippen molar-refractivity contribution in [2.75, 3.05) is 0 Å². The van der Waals surface area contributed by atoms with Crippen LogP contribution < -0.4 is 5.48 Å². The van der Waals surface area contributed by atoms with Crippen LogP contribution in [0, 0.1) is 0 Å². The zero-order chi connectivity index (χ0) is 11.1. The number of H-pyrrole nitrogens is 1. The van der Waals surface area contributed by atoms with Crippen LogP contribution in [0.5, 0.6) is 0 Å². The predicted molar refractivity (Wildman–Crippen MR) is 59.5 cm³/mol. The van der Waals surface area contributed by atoms with Crippen LogP contribution in [0.3, 0.4) is 0 Å². The number of aromatic nitrogens is 2. The van der Waals surface area contributed by atoms with Gasteiger partial charge in [0, 0.05) is 18.2 Å². The second kappa shape index (κ2) is 6.19. The minimum atomic E-state index is 0.548. The van der Waals surface area contributed by atoms with Crippen molar-refractivity contribution in [2.24, 2.45) is 4.99 Å². The lowest BCUT2D eigenvalue weighted by Gasteiger charge is -1.99. The third-order valence-corrected chi connectivity index (χ3v) is 2.00. The summed E-state index contributed by atoms with van der Waals surface area (Å²) in [6.45, 7) is 4.14. The second-order valence-electron chi connectivity index (χ2n) is 3.42. The van der Waals surface area contributed by atoms with Gasteiger partial charge in [-0.2, -0.15) is 5.10 Å². The quantitative estimate of drug-likeness (QED) is 0.396. The average Bonchev–Trinajstić information content (AvgIpc) is 2.66. The SMILES string of the molecule is CCCC(=Nc1cc(CCC)[nH]n1)NO. The molecule has 1 aromatic heterocycles. The van der Waals surface area contributed by atoms with E-state index in [9.17, 15) is 0 Å². The van der Waals surface area contributed by atoms with Gasteiger partial charge in [-0.1, -0.05) is 20.3 Å². The van der Waals surface area contributed by atoms with E-state index in [1.165, 1.54) is 0 Å². The number of aliphatic imine (C=N–C) groups is 1. The van der Waals surface area contributed by atoms with Gasteiger partial charge in [0.05, 0.1) is 0 Å². The highest BCUT2D eigenvalue weighted by Crippen LogP contribution is 2.11. The topological polar surface area (TPSA) is 73.3 Å². The smallest absolute Gasteiger partial charge is 0.175 e. The van der Waals surface area contributed by atoms with E-state index in [-0.39, 0.29) is 0 Å². The normalized spacial score (nSPS) is 11.8. The lowest BCUT2D eigenvalue weighted by atomic mass is 10.2. The third kappa shape index (κ3) is 3.71. The third-order valence-electron chi connectivity index (χ3n) is 2.00. The minimum Gasteiger partial charge on any atom is -0.290 e. The number of rotatable bonds is 5. The molecule has 0 spiro atoms. The van der Waals surface area contributed by atoms with Crippen molar-refractivity contribution in [3.63, 3.8) is 0 Å². The Bertz CT molecular complexity index is 319. The molecule has 15 heavy (non-hydrogen) atoms. The van der Waals surface area contributed by atoms with Gasteiger partial charge in [-0.3, -0.25) is 15.8 Å². The van der Waals surface area contributed by atoms with E-state index in [1.807, 2.05) is 13.0 Å². The van der Waals surface area contributed by atoms with Crippen molar-refractivity contribution in [3.8, 4) is 0 Å². The largest absolute Gasteiger partial charge is 0.290 e. The van der Waals surface area contributed by atoms with Crippen LogP contribution in [0.4, 0.5) is 5.82 Å². The molecule has 1 rings (SSSR count). The van der Waals surface area contributed by atoms with Crippen molar-refractivity contribution >= 4 is 11.7 Å². The summed E-state index contributed by atoms with van der Waals surface area (Å²) in [5.41, 5.74) is 3.16. The number of nitrogens with zero attached hydrogens (tertiary/aromatic N) is 2. The Hall–Kier alpha value is -1.36. The van der Waals surface area contributed by atoms with Crippen LogP contribution in [-0.4, -0.2) is 21.2 Å². The van der Waals surface area contributed by atoms with Crippen LogP contribution in [0.25, 0.3) is 0 Å². The van der Waals surface area contributed by atoms with Gasteiger partial charge in [0.2, 0.25) is 0 Å². The fraction of sp³-hybridized carbons (Fsp3) is 0.600. The second-order valence-corrected chi connectivity index (χ2v) is 3.42. The van der Waals surface area contributed by atoms with Crippen molar-refractivity contribution < 1.29 is 5.21 Å². The van der Waals surface area contributed by atoms with Gasteiger partial charge < -0.3 is 0 Å². The molecule has 1 aromatic rings. The maximum absolute atomic E-state index is 8.81. The highest BCUT2D eigenvalue weighted by atomic mass is 16.5. The monoisotopic (exact) mass is 210 g/mol. The Kier molecular flexibility index (Phi) is 4.83. The zero-order valence-corrected chi connectivity index (χ0v) is 9.25. The molecule has 0 saturated carbocycles. The maximum Gasteiger partial charge on any atom is 0.175 e. The molecule has 5 nitrogen and oxygen atoms in total. The lowest BCUT2D eigenvalue weighted by Crippen LogP contribution is -2.18. The van der Waals surface area contributed by atoms with Gasteiger partial charge in [0.1, 0.15) is 5.84 Å². The maximum atomic E-state index is 8.81. The van der Waals surface area contributed by atoms with E-state index >= 15 is 0 Å². The van der Waals surface area contributed by atoms with E-state index in [2.05, 4.69) is 27.6 Å². The van der Waals surface area contributed by atoms with Crippen LogP contribution in [0.1, 0.15) is 38.8 Å². The summed E-state index contributed by atoms with van der Waals surface area (Å²) in [6.07, 6.45) is 3.69. The number of aryl methyl sites for hydroxylation is 1. The summed E-state index contributed by atoms with van der Waals surface area (Å²) in [5.74, 6) is 1.16. The van der Waals surface area contributed by atoms with Crippen molar-refractivity contribution in [3.05, 3.63) is 11.8 Å². The van der Waals surface area contributed by atoms with Crippen LogP contribution in [0.2, 0.25) is 0 Å². The molecule has 0 unspecified atom stereocenters. The number of amidine groups is 1. The molecule has 84 valence electrons. The predicted octanol–water partition coefficient (Wildman–Crippen LogP) is 2.17. The van der Waals surface area contributed by atoms with Gasteiger partial charge in [-0.05, 0) is 12.8 Å². The van der Waals surface area contributed by atoms with E-state index in [1.54, 1.807) is 0 Å². The molecule has 0 fully saturated rings. The number of hydrogen-bond donors (Lipinski definition) is 3. The van der Waals surface area contributed by atoms with Crippen molar-refractivity contribution in [1.29, 1.82) is 0 Å². The molecule has 0 aromatic carbocycles. The summed E-state index contributed by atoms with van der Waals surface area (Å²) < 4.78 is 0. The molecule has 0 bridgehead atoms. The summed E-state index contributed by atoms with van der Waals surface area (Å²) in [4.78, 5) is 4.18. The van der Waals surface area contributed by atoms with Gasteiger partial charge in [0.15, 0.2) is 5.82 Å². The van der Waals surface area contributed by atoms with Crippen LogP contribution >= 0.6 is 0 Å². The van der Waals surface area contributed by atoms with E-state index in [0.29, 0.717) is 18.1 Å². The molecule has 0 amide bonds. The molecular formula is C10H18N4O. The van der Waals surface area contributed by atoms with Gasteiger partial charge in [-0.15, -0.1) is 0 Å². The fourth-order valence-corrected chi connectivity index (χ4v) is 1.32. The van der Waals surface area contributed by atoms with Crippen LogP contribution in [-0.2, 0) is 6.42 Å². The molecule has 0 aliphatic carbocycles. The lowest BCUT2D eigenvalue weighted by molar-refractivity contribution is 0.231. The first-order valence-electron chi connectivity index (χ1n) is 5.32. The Morgan fingerprint density at radius 1 is 1.53 bits per heavy atom. The molecule has 0 aliphatic heterocycles. The summed E-state index contributed by atoms with van der Waals surface area (Å²) in [5, 5.41) is 15.8. The fourth-order valence-electron chi connectivity index (χ4n) is 1.32. The van der Waals surface area contributed by atoms with E-state index in [0.717, 1.165) is 25.0 Å². The molecule has 0 saturated heterocycles. The molecule has 0 radical (unpaired) electrons. The standard InChI is InChI=1S/C10H18N4O/c1-3-5-8-7-10(13-12-8)11-9(14-15)6-4-2/h7,15H,3-6H2,1-2H3,(H2,11,12,13,14). The molecular weight excluding hydrogens is 192 g/mol. The zero-order valence-electron chi connectivity index (χ0n) is 9.25. The Morgan fingerprint density at radius 2 is 2.33 bits per heavy atom. The van der Waals surface area contributed by atoms with E-state index in [4.69, 9.17) is 5.21 Å². The average molecular weight is 210 g/mol. The first-order valence-corrected chi connectivity index (χ1v) is 5.32. The van der Waals surface area contributed by atoms with Gasteiger partial charge in [-0.25, -0.2) is 4.99 Å². The molecule has 1 heterocycles. The Morgan fingerprint density at radius 3 is 2.93 bits per heavy atom. The van der Waals surface area contributed by atoms with Gasteiger partial charge in [0.25, 0.3) is 0 Å². The van der Waals surface area contributed by atoms with Gasteiger partial charge >= 0.3 is 0 Å². The first kappa shape index (κ1) is 11.7. The summed E-state index contributed by atoms with van der Waals surface area (Å²) in [6, 6.07) is 1.90. The van der Waals surface area contributed by atoms with Crippen molar-refractivity contribution in [2.45, 2.75) is 39.5 Å². The summed E-state index contributed by atoms with van der Waals surface area (Å²) >= 11 is 0. The molecule has 0 aliphatic rings. The highest BCUT2D eigenvalue weighted by Gasteiger charge is 2.01.